The van der Waals surface area contributed by atoms with Gasteiger partial charge in [0.05, 0.1) is 6.26 Å². The molecule has 1 atom stereocenters. The normalized spacial score (nSPS) is 23.4. The second-order valence-corrected chi connectivity index (χ2v) is 4.66. The Hall–Kier alpha value is -1.61. The highest BCUT2D eigenvalue weighted by Crippen LogP contribution is 2.40. The number of furan rings is 1. The molecule has 3 nitrogen and oxygen atoms in total. The molecule has 0 saturated carbocycles. The standard InChI is InChI=1S/C14H15NO2/c1-10-4-5-11(9-15-10)14(16)7-2-3-13-12(14)6-8-17-13/h4-6,8-9,16H,2-3,7H2,1H3. The number of aromatic nitrogens is 1. The second kappa shape index (κ2) is 3.70. The molecule has 0 spiro atoms. The van der Waals surface area contributed by atoms with E-state index in [2.05, 4.69) is 4.98 Å². The first-order chi connectivity index (χ1) is 8.20. The van der Waals surface area contributed by atoms with Crippen LogP contribution in [-0.4, -0.2) is 10.1 Å². The first kappa shape index (κ1) is 10.5. The number of hydrogen-bond acceptors (Lipinski definition) is 3. The zero-order chi connectivity index (χ0) is 11.9. The van der Waals surface area contributed by atoms with E-state index >= 15 is 0 Å². The fourth-order valence-corrected chi connectivity index (χ4v) is 2.55. The SMILES string of the molecule is Cc1ccc(C2(O)CCCc3occc32)cn1. The lowest BCUT2D eigenvalue weighted by atomic mass is 9.78. The highest BCUT2D eigenvalue weighted by Gasteiger charge is 2.37. The number of aliphatic hydroxyl groups is 1. The minimum absolute atomic E-state index is 0.726. The first-order valence-electron chi connectivity index (χ1n) is 5.92. The van der Waals surface area contributed by atoms with E-state index in [1.54, 1.807) is 12.5 Å². The van der Waals surface area contributed by atoms with Crippen LogP contribution in [0.1, 0.15) is 35.4 Å². The molecule has 1 aliphatic carbocycles. The smallest absolute Gasteiger partial charge is 0.119 e. The lowest BCUT2D eigenvalue weighted by Crippen LogP contribution is -2.31. The summed E-state index contributed by atoms with van der Waals surface area (Å²) in [6.45, 7) is 1.94. The van der Waals surface area contributed by atoms with E-state index < -0.39 is 5.60 Å². The molecule has 17 heavy (non-hydrogen) atoms. The van der Waals surface area contributed by atoms with Crippen molar-refractivity contribution in [3.8, 4) is 0 Å². The van der Waals surface area contributed by atoms with Gasteiger partial charge in [-0.25, -0.2) is 0 Å². The first-order valence-corrected chi connectivity index (χ1v) is 5.92. The van der Waals surface area contributed by atoms with Crippen LogP contribution in [0.4, 0.5) is 0 Å². The molecule has 1 N–H and O–H groups in total. The van der Waals surface area contributed by atoms with Gasteiger partial charge in [0.2, 0.25) is 0 Å². The van der Waals surface area contributed by atoms with Gasteiger partial charge in [0.25, 0.3) is 0 Å². The number of pyridine rings is 1. The predicted molar refractivity (Wildman–Crippen MR) is 63.6 cm³/mol. The molecule has 0 amide bonds. The monoisotopic (exact) mass is 229 g/mol. The Balaban J connectivity index is 2.11. The largest absolute Gasteiger partial charge is 0.469 e. The maximum Gasteiger partial charge on any atom is 0.119 e. The van der Waals surface area contributed by atoms with Crippen molar-refractivity contribution in [2.45, 2.75) is 31.8 Å². The minimum Gasteiger partial charge on any atom is -0.469 e. The van der Waals surface area contributed by atoms with E-state index in [0.29, 0.717) is 0 Å². The molecular formula is C14H15NO2. The average Bonchev–Trinajstić information content (AvgIpc) is 2.80. The highest BCUT2D eigenvalue weighted by molar-refractivity contribution is 5.38. The van der Waals surface area contributed by atoms with Gasteiger partial charge < -0.3 is 9.52 Å². The van der Waals surface area contributed by atoms with Crippen molar-refractivity contribution in [3.63, 3.8) is 0 Å². The summed E-state index contributed by atoms with van der Waals surface area (Å²) in [5.74, 6) is 0.902. The fourth-order valence-electron chi connectivity index (χ4n) is 2.55. The van der Waals surface area contributed by atoms with Crippen molar-refractivity contribution in [1.29, 1.82) is 0 Å². The molecule has 3 heteroatoms. The number of nitrogens with zero attached hydrogens (tertiary/aromatic N) is 1. The maximum atomic E-state index is 10.9. The summed E-state index contributed by atoms with van der Waals surface area (Å²) in [6.07, 6.45) is 5.99. The van der Waals surface area contributed by atoms with E-state index in [9.17, 15) is 5.11 Å². The van der Waals surface area contributed by atoms with Crippen LogP contribution in [0.5, 0.6) is 0 Å². The molecule has 0 radical (unpaired) electrons. The van der Waals surface area contributed by atoms with Crippen molar-refractivity contribution in [3.05, 3.63) is 53.2 Å². The molecule has 0 aliphatic heterocycles. The molecule has 2 aromatic rings. The lowest BCUT2D eigenvalue weighted by Gasteiger charge is -2.31. The van der Waals surface area contributed by atoms with Crippen molar-refractivity contribution >= 4 is 0 Å². The minimum atomic E-state index is -0.929. The van der Waals surface area contributed by atoms with Gasteiger partial charge in [-0.1, -0.05) is 6.07 Å². The van der Waals surface area contributed by atoms with Gasteiger partial charge in [0.15, 0.2) is 0 Å². The van der Waals surface area contributed by atoms with E-state index in [0.717, 1.165) is 41.8 Å². The molecule has 2 heterocycles. The van der Waals surface area contributed by atoms with Crippen LogP contribution in [0, 0.1) is 6.92 Å². The van der Waals surface area contributed by atoms with Gasteiger partial charge in [0.1, 0.15) is 11.4 Å². The number of rotatable bonds is 1. The Kier molecular flexibility index (Phi) is 2.30. The van der Waals surface area contributed by atoms with Crippen LogP contribution >= 0.6 is 0 Å². The molecule has 0 saturated heterocycles. The topological polar surface area (TPSA) is 46.3 Å². The molecule has 1 aliphatic rings. The summed E-state index contributed by atoms with van der Waals surface area (Å²) in [5.41, 5.74) is 1.78. The van der Waals surface area contributed by atoms with Gasteiger partial charge in [-0.2, -0.15) is 0 Å². The molecule has 0 fully saturated rings. The molecule has 0 bridgehead atoms. The second-order valence-electron chi connectivity index (χ2n) is 4.66. The average molecular weight is 229 g/mol. The van der Waals surface area contributed by atoms with Crippen molar-refractivity contribution < 1.29 is 9.52 Å². The lowest BCUT2D eigenvalue weighted by molar-refractivity contribution is 0.0586. The summed E-state index contributed by atoms with van der Waals surface area (Å²) >= 11 is 0. The molecule has 2 aromatic heterocycles. The summed E-state index contributed by atoms with van der Waals surface area (Å²) in [5, 5.41) is 10.9. The molecule has 88 valence electrons. The zero-order valence-corrected chi connectivity index (χ0v) is 9.81. The Morgan fingerprint density at radius 2 is 2.24 bits per heavy atom. The van der Waals surface area contributed by atoms with E-state index in [1.807, 2.05) is 25.1 Å². The van der Waals surface area contributed by atoms with E-state index in [1.165, 1.54) is 0 Å². The summed E-state index contributed by atoms with van der Waals surface area (Å²) in [6, 6.07) is 5.75. The number of fused-ring (bicyclic) bond motifs is 1. The highest BCUT2D eigenvalue weighted by atomic mass is 16.3. The summed E-state index contributed by atoms with van der Waals surface area (Å²) < 4.78 is 5.42. The Morgan fingerprint density at radius 3 is 3.00 bits per heavy atom. The van der Waals surface area contributed by atoms with Gasteiger partial charge in [-0.15, -0.1) is 0 Å². The van der Waals surface area contributed by atoms with Gasteiger partial charge >= 0.3 is 0 Å². The third kappa shape index (κ3) is 1.58. The van der Waals surface area contributed by atoms with E-state index in [-0.39, 0.29) is 0 Å². The third-order valence-corrected chi connectivity index (χ3v) is 3.52. The summed E-state index contributed by atoms with van der Waals surface area (Å²) in [7, 11) is 0. The molecule has 3 rings (SSSR count). The molecule has 0 aromatic carbocycles. The Labute approximate surface area is 100 Å². The van der Waals surface area contributed by atoms with Crippen LogP contribution in [0.25, 0.3) is 0 Å². The van der Waals surface area contributed by atoms with Crippen molar-refractivity contribution in [2.75, 3.05) is 0 Å². The van der Waals surface area contributed by atoms with Crippen molar-refractivity contribution in [1.82, 2.24) is 4.98 Å². The van der Waals surface area contributed by atoms with Gasteiger partial charge in [0, 0.05) is 29.4 Å². The predicted octanol–water partition coefficient (Wildman–Crippen LogP) is 2.56. The Morgan fingerprint density at radius 1 is 1.35 bits per heavy atom. The quantitative estimate of drug-likeness (QED) is 0.817. The van der Waals surface area contributed by atoms with E-state index in [4.69, 9.17) is 4.42 Å². The van der Waals surface area contributed by atoms with Crippen LogP contribution in [0.2, 0.25) is 0 Å². The summed E-state index contributed by atoms with van der Waals surface area (Å²) in [4.78, 5) is 4.27. The Bertz CT molecular complexity index is 529. The maximum absolute atomic E-state index is 10.9. The number of hydrogen-bond donors (Lipinski definition) is 1. The van der Waals surface area contributed by atoms with Gasteiger partial charge in [-0.3, -0.25) is 4.98 Å². The van der Waals surface area contributed by atoms with Crippen LogP contribution in [-0.2, 0) is 12.0 Å². The molecule has 1 unspecified atom stereocenters. The van der Waals surface area contributed by atoms with Gasteiger partial charge in [-0.05, 0) is 31.9 Å². The number of aryl methyl sites for hydroxylation is 2. The van der Waals surface area contributed by atoms with Crippen LogP contribution < -0.4 is 0 Å². The van der Waals surface area contributed by atoms with Crippen LogP contribution in [0.15, 0.2) is 35.1 Å². The van der Waals surface area contributed by atoms with Crippen molar-refractivity contribution in [2.24, 2.45) is 0 Å². The fraction of sp³-hybridized carbons (Fsp3) is 0.357. The molecular weight excluding hydrogens is 214 g/mol. The van der Waals surface area contributed by atoms with Crippen LogP contribution in [0.3, 0.4) is 0 Å². The zero-order valence-electron chi connectivity index (χ0n) is 9.81. The third-order valence-electron chi connectivity index (χ3n) is 3.52.